The highest BCUT2D eigenvalue weighted by atomic mass is 35.7. The van der Waals surface area contributed by atoms with E-state index >= 15 is 0 Å². The fourth-order valence-electron chi connectivity index (χ4n) is 1.30. The maximum atomic E-state index is 11.2. The van der Waals surface area contributed by atoms with Crippen molar-refractivity contribution in [3.63, 3.8) is 0 Å². The van der Waals surface area contributed by atoms with Gasteiger partial charge in [-0.2, -0.15) is 0 Å². The van der Waals surface area contributed by atoms with Crippen LogP contribution in [0, 0.1) is 0 Å². The van der Waals surface area contributed by atoms with E-state index in [-0.39, 0.29) is 22.6 Å². The number of rotatable bonds is 4. The van der Waals surface area contributed by atoms with Crippen LogP contribution in [-0.4, -0.2) is 20.4 Å². The predicted molar refractivity (Wildman–Crippen MR) is 69.5 cm³/mol. The highest BCUT2D eigenvalue weighted by Gasteiger charge is 2.15. The molecule has 0 fully saturated rings. The van der Waals surface area contributed by atoms with Gasteiger partial charge in [-0.3, -0.25) is 4.79 Å². The molecule has 0 aliphatic rings. The number of anilines is 1. The molecular formula is C11H14ClNO4S. The molecule has 0 radical (unpaired) electrons. The molecule has 0 aromatic heterocycles. The minimum Gasteiger partial charge on any atom is -0.489 e. The average Bonchev–Trinajstić information content (AvgIpc) is 2.17. The zero-order chi connectivity index (χ0) is 13.9. The molecule has 18 heavy (non-hydrogen) atoms. The molecule has 0 heterocycles. The number of ether oxygens (including phenoxy) is 1. The Labute approximate surface area is 111 Å². The van der Waals surface area contributed by atoms with Gasteiger partial charge in [0, 0.05) is 17.6 Å². The predicted octanol–water partition coefficient (Wildman–Crippen LogP) is 2.36. The molecule has 0 saturated heterocycles. The molecule has 0 aliphatic carbocycles. The minimum absolute atomic E-state index is 0.0935. The molecule has 1 aromatic carbocycles. The first-order chi connectivity index (χ1) is 8.20. The first-order valence-corrected chi connectivity index (χ1v) is 7.54. The van der Waals surface area contributed by atoms with Gasteiger partial charge in [-0.05, 0) is 32.0 Å². The molecule has 1 rings (SSSR count). The summed E-state index contributed by atoms with van der Waals surface area (Å²) in [6, 6.07) is 4.05. The van der Waals surface area contributed by atoms with E-state index in [4.69, 9.17) is 15.4 Å². The SMILES string of the molecule is CC(=O)Nc1cc(S(=O)(=O)Cl)ccc1OC(C)C. The van der Waals surface area contributed by atoms with Gasteiger partial charge in [0.25, 0.3) is 9.05 Å². The van der Waals surface area contributed by atoms with E-state index < -0.39 is 9.05 Å². The Morgan fingerprint density at radius 2 is 2.00 bits per heavy atom. The summed E-state index contributed by atoms with van der Waals surface area (Å²) >= 11 is 0. The van der Waals surface area contributed by atoms with Gasteiger partial charge < -0.3 is 10.1 Å². The normalized spacial score (nSPS) is 11.4. The number of nitrogens with one attached hydrogen (secondary N) is 1. The maximum absolute atomic E-state index is 11.2. The second-order valence-corrected chi connectivity index (χ2v) is 6.51. The van der Waals surface area contributed by atoms with Gasteiger partial charge in [-0.15, -0.1) is 0 Å². The van der Waals surface area contributed by atoms with Crippen molar-refractivity contribution in [2.24, 2.45) is 0 Å². The molecule has 1 aromatic rings. The van der Waals surface area contributed by atoms with Crippen LogP contribution in [0.2, 0.25) is 0 Å². The number of carbonyl (C=O) groups is 1. The third kappa shape index (κ3) is 4.19. The standard InChI is InChI=1S/C11H14ClNO4S/c1-7(2)17-11-5-4-9(18(12,15)16)6-10(11)13-8(3)14/h4-7H,1-3H3,(H,13,14). The van der Waals surface area contributed by atoms with Crippen LogP contribution in [0.3, 0.4) is 0 Å². The molecule has 0 spiro atoms. The summed E-state index contributed by atoms with van der Waals surface area (Å²) < 4.78 is 27.9. The van der Waals surface area contributed by atoms with Gasteiger partial charge in [-0.25, -0.2) is 8.42 Å². The number of hydrogen-bond acceptors (Lipinski definition) is 4. The third-order valence-corrected chi connectivity index (χ3v) is 3.26. The van der Waals surface area contributed by atoms with Crippen molar-refractivity contribution in [2.75, 3.05) is 5.32 Å². The second-order valence-electron chi connectivity index (χ2n) is 3.94. The Kier molecular flexibility index (Phi) is 4.59. The summed E-state index contributed by atoms with van der Waals surface area (Å²) in [7, 11) is 1.40. The van der Waals surface area contributed by atoms with Crippen molar-refractivity contribution in [2.45, 2.75) is 31.8 Å². The van der Waals surface area contributed by atoms with E-state index in [2.05, 4.69) is 5.32 Å². The van der Waals surface area contributed by atoms with E-state index in [0.29, 0.717) is 5.75 Å². The van der Waals surface area contributed by atoms with Crippen molar-refractivity contribution in [1.29, 1.82) is 0 Å². The number of hydrogen-bond donors (Lipinski definition) is 1. The minimum atomic E-state index is -3.84. The molecule has 0 unspecified atom stereocenters. The highest BCUT2D eigenvalue weighted by Crippen LogP contribution is 2.29. The molecule has 100 valence electrons. The number of benzene rings is 1. The Bertz CT molecular complexity index is 554. The van der Waals surface area contributed by atoms with Crippen LogP contribution in [-0.2, 0) is 13.8 Å². The van der Waals surface area contributed by atoms with Gasteiger partial charge in [0.15, 0.2) is 0 Å². The van der Waals surface area contributed by atoms with Crippen molar-refractivity contribution in [3.05, 3.63) is 18.2 Å². The lowest BCUT2D eigenvalue weighted by molar-refractivity contribution is -0.114. The Morgan fingerprint density at radius 3 is 2.44 bits per heavy atom. The van der Waals surface area contributed by atoms with Crippen molar-refractivity contribution in [3.8, 4) is 5.75 Å². The summed E-state index contributed by atoms with van der Waals surface area (Å²) in [5.41, 5.74) is 0.276. The largest absolute Gasteiger partial charge is 0.489 e. The fraction of sp³-hybridized carbons (Fsp3) is 0.364. The lowest BCUT2D eigenvalue weighted by Gasteiger charge is -2.15. The number of halogens is 1. The van der Waals surface area contributed by atoms with E-state index in [1.807, 2.05) is 13.8 Å². The van der Waals surface area contributed by atoms with Crippen LogP contribution in [0.1, 0.15) is 20.8 Å². The third-order valence-electron chi connectivity index (χ3n) is 1.91. The van der Waals surface area contributed by atoms with Crippen LogP contribution < -0.4 is 10.1 Å². The molecule has 1 amide bonds. The van der Waals surface area contributed by atoms with Gasteiger partial charge in [-0.1, -0.05) is 0 Å². The molecular weight excluding hydrogens is 278 g/mol. The van der Waals surface area contributed by atoms with Crippen LogP contribution in [0.15, 0.2) is 23.1 Å². The zero-order valence-corrected chi connectivity index (χ0v) is 11.8. The van der Waals surface area contributed by atoms with Crippen LogP contribution in [0.4, 0.5) is 5.69 Å². The molecule has 0 atom stereocenters. The quantitative estimate of drug-likeness (QED) is 0.864. The van der Waals surface area contributed by atoms with Crippen LogP contribution in [0.5, 0.6) is 5.75 Å². The molecule has 0 aliphatic heterocycles. The van der Waals surface area contributed by atoms with Crippen molar-refractivity contribution >= 4 is 31.3 Å². The first-order valence-electron chi connectivity index (χ1n) is 5.23. The van der Waals surface area contributed by atoms with Gasteiger partial charge >= 0.3 is 0 Å². The van der Waals surface area contributed by atoms with Gasteiger partial charge in [0.2, 0.25) is 5.91 Å². The van der Waals surface area contributed by atoms with E-state index in [1.165, 1.54) is 25.1 Å². The number of carbonyl (C=O) groups excluding carboxylic acids is 1. The average molecular weight is 292 g/mol. The molecule has 5 nitrogen and oxygen atoms in total. The maximum Gasteiger partial charge on any atom is 0.261 e. The Hall–Kier alpha value is -1.27. The second kappa shape index (κ2) is 5.58. The van der Waals surface area contributed by atoms with Crippen molar-refractivity contribution < 1.29 is 17.9 Å². The highest BCUT2D eigenvalue weighted by molar-refractivity contribution is 8.13. The molecule has 1 N–H and O–H groups in total. The van der Waals surface area contributed by atoms with E-state index in [1.54, 1.807) is 0 Å². The summed E-state index contributed by atoms with van der Waals surface area (Å²) in [4.78, 5) is 11.0. The Balaban J connectivity index is 3.24. The van der Waals surface area contributed by atoms with Gasteiger partial charge in [0.1, 0.15) is 5.75 Å². The van der Waals surface area contributed by atoms with Gasteiger partial charge in [0.05, 0.1) is 16.7 Å². The molecule has 7 heteroatoms. The zero-order valence-electron chi connectivity index (χ0n) is 10.2. The van der Waals surface area contributed by atoms with E-state index in [0.717, 1.165) is 0 Å². The lowest BCUT2D eigenvalue weighted by atomic mass is 10.3. The summed E-state index contributed by atoms with van der Waals surface area (Å²) in [6.07, 6.45) is -0.101. The summed E-state index contributed by atoms with van der Waals surface area (Å²) in [5, 5.41) is 2.50. The lowest BCUT2D eigenvalue weighted by Crippen LogP contribution is -2.12. The Morgan fingerprint density at radius 1 is 1.39 bits per heavy atom. The molecule has 0 bridgehead atoms. The summed E-state index contributed by atoms with van der Waals surface area (Å²) in [5.74, 6) is 0.0667. The van der Waals surface area contributed by atoms with Crippen LogP contribution >= 0.6 is 10.7 Å². The van der Waals surface area contributed by atoms with Crippen LogP contribution in [0.25, 0.3) is 0 Å². The number of amides is 1. The molecule has 0 saturated carbocycles. The van der Waals surface area contributed by atoms with Crippen molar-refractivity contribution in [1.82, 2.24) is 0 Å². The monoisotopic (exact) mass is 291 g/mol. The smallest absolute Gasteiger partial charge is 0.261 e. The van der Waals surface area contributed by atoms with E-state index in [9.17, 15) is 13.2 Å². The fourth-order valence-corrected chi connectivity index (χ4v) is 2.08. The topological polar surface area (TPSA) is 72.5 Å². The summed E-state index contributed by atoms with van der Waals surface area (Å²) in [6.45, 7) is 4.97. The first kappa shape index (κ1) is 14.8.